The Balaban J connectivity index is 0.00000169. The normalized spacial score (nSPS) is 10.9. The van der Waals surface area contributed by atoms with E-state index in [-0.39, 0.29) is 24.0 Å². The summed E-state index contributed by atoms with van der Waals surface area (Å²) < 4.78 is 0.877. The summed E-state index contributed by atoms with van der Waals surface area (Å²) in [5.74, 6) is 0.394. The Labute approximate surface area is 103 Å². The maximum atomic E-state index is 9.49. The van der Waals surface area contributed by atoms with E-state index in [1.807, 2.05) is 19.1 Å². The van der Waals surface area contributed by atoms with Crippen LogP contribution in [-0.2, 0) is 6.54 Å². The lowest BCUT2D eigenvalue weighted by Gasteiger charge is -2.24. The second kappa shape index (κ2) is 4.98. The Morgan fingerprint density at radius 3 is 2.21 bits per heavy atom. The SMILES string of the molecule is Cc1ccc(C[N+](C)(C)C)cc1O.[I-]. The van der Waals surface area contributed by atoms with Gasteiger partial charge in [-0.25, -0.2) is 0 Å². The van der Waals surface area contributed by atoms with Gasteiger partial charge in [-0.15, -0.1) is 0 Å². The molecule has 0 aliphatic heterocycles. The van der Waals surface area contributed by atoms with Crippen molar-refractivity contribution < 1.29 is 33.6 Å². The van der Waals surface area contributed by atoms with Crippen molar-refractivity contribution in [2.75, 3.05) is 21.1 Å². The van der Waals surface area contributed by atoms with Gasteiger partial charge in [0.05, 0.1) is 21.1 Å². The quantitative estimate of drug-likeness (QED) is 0.544. The summed E-state index contributed by atoms with van der Waals surface area (Å²) in [6.45, 7) is 2.85. The zero-order chi connectivity index (χ0) is 10.1. The van der Waals surface area contributed by atoms with Gasteiger partial charge in [-0.1, -0.05) is 12.1 Å². The van der Waals surface area contributed by atoms with Crippen LogP contribution in [0.1, 0.15) is 11.1 Å². The van der Waals surface area contributed by atoms with Gasteiger partial charge in [0, 0.05) is 5.56 Å². The van der Waals surface area contributed by atoms with E-state index in [0.717, 1.165) is 16.6 Å². The number of quaternary nitrogens is 1. The summed E-state index contributed by atoms with van der Waals surface area (Å²) in [5.41, 5.74) is 2.11. The van der Waals surface area contributed by atoms with Gasteiger partial charge < -0.3 is 33.6 Å². The van der Waals surface area contributed by atoms with Gasteiger partial charge in [0.1, 0.15) is 12.3 Å². The summed E-state index contributed by atoms with van der Waals surface area (Å²) in [5, 5.41) is 9.49. The van der Waals surface area contributed by atoms with Gasteiger partial charge in [-0.2, -0.15) is 0 Å². The zero-order valence-corrected chi connectivity index (χ0v) is 11.4. The van der Waals surface area contributed by atoms with Gasteiger partial charge in [0.15, 0.2) is 0 Å². The predicted octanol–water partition coefficient (Wildman–Crippen LogP) is -1.09. The maximum Gasteiger partial charge on any atom is 0.118 e. The molecule has 0 aromatic heterocycles. The average molecular weight is 307 g/mol. The third kappa shape index (κ3) is 4.28. The van der Waals surface area contributed by atoms with Crippen molar-refractivity contribution in [1.82, 2.24) is 0 Å². The lowest BCUT2D eigenvalue weighted by Crippen LogP contribution is -3.00. The third-order valence-corrected chi connectivity index (χ3v) is 1.93. The van der Waals surface area contributed by atoms with Crippen molar-refractivity contribution in [1.29, 1.82) is 0 Å². The van der Waals surface area contributed by atoms with Crippen molar-refractivity contribution >= 4 is 0 Å². The zero-order valence-electron chi connectivity index (χ0n) is 9.21. The predicted molar refractivity (Wildman–Crippen MR) is 54.6 cm³/mol. The molecular formula is C11H18INO. The monoisotopic (exact) mass is 307 g/mol. The third-order valence-electron chi connectivity index (χ3n) is 1.93. The topological polar surface area (TPSA) is 20.2 Å². The molecule has 0 aliphatic rings. The van der Waals surface area contributed by atoms with E-state index in [0.29, 0.717) is 5.75 Å². The molecule has 0 spiro atoms. The molecule has 3 heteroatoms. The first-order valence-corrected chi connectivity index (χ1v) is 4.47. The van der Waals surface area contributed by atoms with E-state index < -0.39 is 0 Å². The molecule has 0 saturated carbocycles. The number of phenols is 1. The standard InChI is InChI=1S/C11H17NO.HI/c1-9-5-6-10(7-11(9)13)8-12(2,3)4;/h5-7H,8H2,1-4H3;1H. The van der Waals surface area contributed by atoms with Crippen LogP contribution in [0.25, 0.3) is 0 Å². The van der Waals surface area contributed by atoms with E-state index in [1.165, 1.54) is 5.56 Å². The number of hydrogen-bond acceptors (Lipinski definition) is 1. The first-order chi connectivity index (χ1) is 5.88. The molecule has 0 saturated heterocycles. The van der Waals surface area contributed by atoms with Crippen molar-refractivity contribution in [3.63, 3.8) is 0 Å². The molecule has 1 rings (SSSR count). The van der Waals surface area contributed by atoms with E-state index in [2.05, 4.69) is 27.2 Å². The molecule has 0 amide bonds. The summed E-state index contributed by atoms with van der Waals surface area (Å²) in [6, 6.07) is 5.87. The van der Waals surface area contributed by atoms with Crippen LogP contribution in [0.2, 0.25) is 0 Å². The van der Waals surface area contributed by atoms with Crippen LogP contribution in [0.4, 0.5) is 0 Å². The lowest BCUT2D eigenvalue weighted by molar-refractivity contribution is -0.884. The van der Waals surface area contributed by atoms with Gasteiger partial charge >= 0.3 is 0 Å². The number of nitrogens with zero attached hydrogens (tertiary/aromatic N) is 1. The minimum Gasteiger partial charge on any atom is -1.00 e. The van der Waals surface area contributed by atoms with Crippen molar-refractivity contribution in [3.8, 4) is 5.75 Å². The van der Waals surface area contributed by atoms with Crippen molar-refractivity contribution in [3.05, 3.63) is 29.3 Å². The largest absolute Gasteiger partial charge is 1.00 e. The summed E-state index contributed by atoms with van der Waals surface area (Å²) in [7, 11) is 6.41. The second-order valence-corrected chi connectivity index (χ2v) is 4.57. The Kier molecular flexibility index (Phi) is 4.88. The number of rotatable bonds is 2. The second-order valence-electron chi connectivity index (χ2n) is 4.57. The van der Waals surface area contributed by atoms with Gasteiger partial charge in [-0.05, 0) is 18.6 Å². The molecule has 0 radical (unpaired) electrons. The number of aromatic hydroxyl groups is 1. The molecule has 2 nitrogen and oxygen atoms in total. The molecule has 0 aliphatic carbocycles. The highest BCUT2D eigenvalue weighted by molar-refractivity contribution is 5.34. The fraction of sp³-hybridized carbons (Fsp3) is 0.455. The van der Waals surface area contributed by atoms with E-state index in [9.17, 15) is 5.11 Å². The summed E-state index contributed by atoms with van der Waals surface area (Å²) >= 11 is 0. The summed E-state index contributed by atoms with van der Waals surface area (Å²) in [4.78, 5) is 0. The fourth-order valence-electron chi connectivity index (χ4n) is 1.30. The fourth-order valence-corrected chi connectivity index (χ4v) is 1.30. The highest BCUT2D eigenvalue weighted by atomic mass is 127. The highest BCUT2D eigenvalue weighted by Crippen LogP contribution is 2.18. The summed E-state index contributed by atoms with van der Waals surface area (Å²) in [6.07, 6.45) is 0. The minimum atomic E-state index is 0. The lowest BCUT2D eigenvalue weighted by atomic mass is 10.1. The number of halogens is 1. The molecule has 0 heterocycles. The molecule has 1 aromatic carbocycles. The van der Waals surface area contributed by atoms with Crippen LogP contribution in [-0.4, -0.2) is 30.7 Å². The number of benzene rings is 1. The van der Waals surface area contributed by atoms with Crippen LogP contribution in [0.3, 0.4) is 0 Å². The molecular weight excluding hydrogens is 289 g/mol. The molecule has 0 fully saturated rings. The van der Waals surface area contributed by atoms with Gasteiger partial charge in [0.25, 0.3) is 0 Å². The molecule has 0 unspecified atom stereocenters. The molecule has 1 aromatic rings. The molecule has 80 valence electrons. The first kappa shape index (κ1) is 13.7. The van der Waals surface area contributed by atoms with Crippen molar-refractivity contribution in [2.45, 2.75) is 13.5 Å². The average Bonchev–Trinajstić information content (AvgIpc) is 1.94. The molecule has 0 atom stereocenters. The Morgan fingerprint density at radius 1 is 1.21 bits per heavy atom. The van der Waals surface area contributed by atoms with Gasteiger partial charge in [0.2, 0.25) is 0 Å². The first-order valence-electron chi connectivity index (χ1n) is 4.47. The smallest absolute Gasteiger partial charge is 0.118 e. The van der Waals surface area contributed by atoms with Gasteiger partial charge in [-0.3, -0.25) is 0 Å². The van der Waals surface area contributed by atoms with E-state index in [4.69, 9.17) is 0 Å². The van der Waals surface area contributed by atoms with Crippen LogP contribution in [0, 0.1) is 6.92 Å². The Bertz CT molecular complexity index is 305. The highest BCUT2D eigenvalue weighted by Gasteiger charge is 2.09. The van der Waals surface area contributed by atoms with Crippen LogP contribution >= 0.6 is 0 Å². The number of phenolic OH excluding ortho intramolecular Hbond substituents is 1. The van der Waals surface area contributed by atoms with Crippen LogP contribution in [0.5, 0.6) is 5.75 Å². The van der Waals surface area contributed by atoms with E-state index in [1.54, 1.807) is 0 Å². The maximum absolute atomic E-state index is 9.49. The van der Waals surface area contributed by atoms with Crippen LogP contribution < -0.4 is 24.0 Å². The number of aryl methyl sites for hydroxylation is 1. The molecule has 0 bridgehead atoms. The number of hydrogen-bond donors (Lipinski definition) is 1. The van der Waals surface area contributed by atoms with Crippen molar-refractivity contribution in [2.24, 2.45) is 0 Å². The van der Waals surface area contributed by atoms with E-state index >= 15 is 0 Å². The Morgan fingerprint density at radius 2 is 1.79 bits per heavy atom. The Hall–Kier alpha value is -0.290. The molecule has 1 N–H and O–H groups in total. The van der Waals surface area contributed by atoms with Crippen LogP contribution in [0.15, 0.2) is 18.2 Å². The molecule has 14 heavy (non-hydrogen) atoms. The minimum absolute atomic E-state index is 0.